The molecule has 0 unspecified atom stereocenters. The SMILES string of the molecule is C=CC[C@@H]1C[C@@H](CNC(=O)CCCCCNC(=O)OC(C)(C)C)N(CCc2ccc3ccccc3c2)C1=O. The topological polar surface area (TPSA) is 87.7 Å². The second-order valence-electron chi connectivity index (χ2n) is 11.1. The summed E-state index contributed by atoms with van der Waals surface area (Å²) < 4.78 is 5.21. The number of benzene rings is 2. The fourth-order valence-electron chi connectivity index (χ4n) is 4.91. The monoisotopic (exact) mass is 521 g/mol. The average molecular weight is 522 g/mol. The molecule has 0 saturated carbocycles. The summed E-state index contributed by atoms with van der Waals surface area (Å²) in [7, 11) is 0. The summed E-state index contributed by atoms with van der Waals surface area (Å²) in [5.74, 6) is 0.0881. The Bertz CT molecular complexity index is 1110. The van der Waals surface area contributed by atoms with E-state index in [0.717, 1.165) is 32.1 Å². The molecule has 1 aliphatic heterocycles. The number of carbonyl (C=O) groups excluding carboxylic acids is 3. The number of rotatable bonds is 13. The number of nitrogens with zero attached hydrogens (tertiary/aromatic N) is 1. The van der Waals surface area contributed by atoms with Crippen LogP contribution in [-0.4, -0.2) is 54.1 Å². The molecule has 3 amide bonds. The zero-order chi connectivity index (χ0) is 27.5. The van der Waals surface area contributed by atoms with Crippen LogP contribution in [-0.2, 0) is 20.7 Å². The van der Waals surface area contributed by atoms with Crippen LogP contribution in [0.3, 0.4) is 0 Å². The fourth-order valence-corrected chi connectivity index (χ4v) is 4.91. The average Bonchev–Trinajstić information content (AvgIpc) is 3.16. The molecule has 0 radical (unpaired) electrons. The number of fused-ring (bicyclic) bond motifs is 1. The Hall–Kier alpha value is -3.35. The Morgan fingerprint density at radius 2 is 1.84 bits per heavy atom. The summed E-state index contributed by atoms with van der Waals surface area (Å²) >= 11 is 0. The van der Waals surface area contributed by atoms with Crippen molar-refractivity contribution in [3.05, 3.63) is 60.7 Å². The van der Waals surface area contributed by atoms with Crippen molar-refractivity contribution < 1.29 is 19.1 Å². The lowest BCUT2D eigenvalue weighted by molar-refractivity contribution is -0.132. The van der Waals surface area contributed by atoms with E-state index in [4.69, 9.17) is 4.74 Å². The minimum atomic E-state index is -0.510. The van der Waals surface area contributed by atoms with Gasteiger partial charge in [-0.2, -0.15) is 0 Å². The highest BCUT2D eigenvalue weighted by molar-refractivity contribution is 5.83. The highest BCUT2D eigenvalue weighted by Crippen LogP contribution is 2.28. The summed E-state index contributed by atoms with van der Waals surface area (Å²) in [6.45, 7) is 10.9. The molecule has 3 rings (SSSR count). The van der Waals surface area contributed by atoms with E-state index in [-0.39, 0.29) is 23.8 Å². The fraction of sp³-hybridized carbons (Fsp3) is 0.516. The molecule has 206 valence electrons. The number of likely N-dealkylation sites (tertiary alicyclic amines) is 1. The molecule has 1 saturated heterocycles. The predicted molar refractivity (Wildman–Crippen MR) is 152 cm³/mol. The second-order valence-corrected chi connectivity index (χ2v) is 11.1. The first kappa shape index (κ1) is 29.2. The van der Waals surface area contributed by atoms with Gasteiger partial charge in [-0.25, -0.2) is 4.79 Å². The third-order valence-corrected chi connectivity index (χ3v) is 6.82. The van der Waals surface area contributed by atoms with Gasteiger partial charge in [-0.3, -0.25) is 9.59 Å². The Balaban J connectivity index is 1.42. The van der Waals surface area contributed by atoms with Crippen LogP contribution >= 0.6 is 0 Å². The van der Waals surface area contributed by atoms with Crippen LogP contribution < -0.4 is 10.6 Å². The number of hydrogen-bond donors (Lipinski definition) is 2. The van der Waals surface area contributed by atoms with Gasteiger partial charge in [0.15, 0.2) is 0 Å². The van der Waals surface area contributed by atoms with Gasteiger partial charge in [-0.15, -0.1) is 6.58 Å². The maximum Gasteiger partial charge on any atom is 0.407 e. The second kappa shape index (κ2) is 14.0. The molecule has 2 aromatic carbocycles. The summed E-state index contributed by atoms with van der Waals surface area (Å²) in [6.07, 6.45) is 6.37. The van der Waals surface area contributed by atoms with Crippen LogP contribution in [0.1, 0.15) is 64.9 Å². The van der Waals surface area contributed by atoms with E-state index in [0.29, 0.717) is 32.5 Å². The molecule has 0 aromatic heterocycles. The quantitative estimate of drug-likeness (QED) is 0.274. The van der Waals surface area contributed by atoms with Gasteiger partial charge >= 0.3 is 6.09 Å². The number of nitrogens with one attached hydrogen (secondary N) is 2. The first-order chi connectivity index (χ1) is 18.2. The third kappa shape index (κ3) is 9.19. The number of amides is 3. The molecule has 1 fully saturated rings. The normalized spacial score (nSPS) is 17.4. The van der Waals surface area contributed by atoms with Gasteiger partial charge in [-0.1, -0.05) is 55.0 Å². The van der Waals surface area contributed by atoms with Crippen molar-refractivity contribution in [1.29, 1.82) is 0 Å². The molecular formula is C31H43N3O4. The van der Waals surface area contributed by atoms with Crippen molar-refractivity contribution in [3.8, 4) is 0 Å². The van der Waals surface area contributed by atoms with Crippen LogP contribution in [0.2, 0.25) is 0 Å². The van der Waals surface area contributed by atoms with Crippen LogP contribution in [0.25, 0.3) is 10.8 Å². The van der Waals surface area contributed by atoms with E-state index >= 15 is 0 Å². The van der Waals surface area contributed by atoms with Crippen LogP contribution in [0.15, 0.2) is 55.1 Å². The first-order valence-electron chi connectivity index (χ1n) is 13.8. The van der Waals surface area contributed by atoms with E-state index in [1.54, 1.807) is 0 Å². The van der Waals surface area contributed by atoms with Gasteiger partial charge < -0.3 is 20.3 Å². The van der Waals surface area contributed by atoms with Crippen molar-refractivity contribution >= 4 is 28.7 Å². The van der Waals surface area contributed by atoms with E-state index < -0.39 is 11.7 Å². The van der Waals surface area contributed by atoms with Crippen molar-refractivity contribution in [3.63, 3.8) is 0 Å². The van der Waals surface area contributed by atoms with Crippen molar-refractivity contribution in [2.45, 2.75) is 77.4 Å². The van der Waals surface area contributed by atoms with E-state index in [1.165, 1.54) is 16.3 Å². The van der Waals surface area contributed by atoms with Gasteiger partial charge in [0.25, 0.3) is 0 Å². The van der Waals surface area contributed by atoms with Gasteiger partial charge in [0.1, 0.15) is 5.60 Å². The summed E-state index contributed by atoms with van der Waals surface area (Å²) in [5.41, 5.74) is 0.691. The number of unbranched alkanes of at least 4 members (excludes halogenated alkanes) is 2. The number of allylic oxidation sites excluding steroid dienone is 1. The van der Waals surface area contributed by atoms with Crippen molar-refractivity contribution in [2.24, 2.45) is 5.92 Å². The van der Waals surface area contributed by atoms with E-state index in [1.807, 2.05) is 43.9 Å². The highest BCUT2D eigenvalue weighted by Gasteiger charge is 2.38. The number of carbonyl (C=O) groups is 3. The number of ether oxygens (including phenoxy) is 1. The van der Waals surface area contributed by atoms with Gasteiger partial charge in [0.2, 0.25) is 11.8 Å². The molecule has 2 atom stereocenters. The number of hydrogen-bond acceptors (Lipinski definition) is 4. The Kier molecular flexibility index (Phi) is 10.7. The Morgan fingerprint density at radius 3 is 2.58 bits per heavy atom. The zero-order valence-corrected chi connectivity index (χ0v) is 23.1. The molecule has 2 N–H and O–H groups in total. The molecule has 0 spiro atoms. The Labute approximate surface area is 227 Å². The number of alkyl carbamates (subject to hydrolysis) is 1. The van der Waals surface area contributed by atoms with Gasteiger partial charge in [0.05, 0.1) is 0 Å². The lowest BCUT2D eigenvalue weighted by Crippen LogP contribution is -2.42. The van der Waals surface area contributed by atoms with Gasteiger partial charge in [0, 0.05) is 38.0 Å². The highest BCUT2D eigenvalue weighted by atomic mass is 16.6. The lowest BCUT2D eigenvalue weighted by atomic mass is 10.0. The van der Waals surface area contributed by atoms with E-state index in [9.17, 15) is 14.4 Å². The minimum absolute atomic E-state index is 0.000740. The molecule has 1 heterocycles. The lowest BCUT2D eigenvalue weighted by Gasteiger charge is -2.25. The molecule has 7 heteroatoms. The summed E-state index contributed by atoms with van der Waals surface area (Å²) in [6, 6.07) is 14.7. The van der Waals surface area contributed by atoms with E-state index in [2.05, 4.69) is 47.5 Å². The smallest absolute Gasteiger partial charge is 0.407 e. The minimum Gasteiger partial charge on any atom is -0.444 e. The van der Waals surface area contributed by atoms with Crippen LogP contribution in [0.5, 0.6) is 0 Å². The zero-order valence-electron chi connectivity index (χ0n) is 23.1. The molecule has 1 aliphatic rings. The van der Waals surface area contributed by atoms with Gasteiger partial charge in [-0.05, 0) is 69.2 Å². The summed E-state index contributed by atoms with van der Waals surface area (Å²) in [5, 5.41) is 8.19. The molecule has 2 aromatic rings. The molecule has 0 bridgehead atoms. The Morgan fingerprint density at radius 1 is 1.08 bits per heavy atom. The molecule has 38 heavy (non-hydrogen) atoms. The predicted octanol–water partition coefficient (Wildman–Crippen LogP) is 5.38. The van der Waals surface area contributed by atoms with Crippen molar-refractivity contribution in [2.75, 3.05) is 19.6 Å². The summed E-state index contributed by atoms with van der Waals surface area (Å²) in [4.78, 5) is 39.2. The third-order valence-electron chi connectivity index (χ3n) is 6.82. The molecule has 0 aliphatic carbocycles. The standard InChI is InChI=1S/C31H43N3O4/c1-5-11-26-21-27(22-33-28(35)14-7-6-10-18-32-30(37)38-31(2,3)4)34(29(26)36)19-17-23-15-16-24-12-8-9-13-25(24)20-23/h5,8-9,12-13,15-16,20,26-27H,1,6-7,10-11,14,17-19,21-22H2,2-4H3,(H,32,37)(H,33,35)/t26-,27+/m1/s1. The molecular weight excluding hydrogens is 478 g/mol. The largest absolute Gasteiger partial charge is 0.444 e. The van der Waals surface area contributed by atoms with Crippen LogP contribution in [0, 0.1) is 5.92 Å². The maximum absolute atomic E-state index is 13.1. The molecule has 7 nitrogen and oxygen atoms in total. The maximum atomic E-state index is 13.1. The van der Waals surface area contributed by atoms with Crippen molar-refractivity contribution in [1.82, 2.24) is 15.5 Å². The first-order valence-corrected chi connectivity index (χ1v) is 13.8. The van der Waals surface area contributed by atoms with Crippen LogP contribution in [0.4, 0.5) is 4.79 Å².